The van der Waals surface area contributed by atoms with Crippen LogP contribution in [0, 0.1) is 11.8 Å². The minimum atomic E-state index is -0.231. The molecule has 0 bridgehead atoms. The number of nitrogens with one attached hydrogen (secondary N) is 1. The average Bonchev–Trinajstić information content (AvgIpc) is 3.15. The topological polar surface area (TPSA) is 75.4 Å². The van der Waals surface area contributed by atoms with Crippen LogP contribution in [0.15, 0.2) is 30.3 Å². The van der Waals surface area contributed by atoms with Crippen molar-refractivity contribution in [2.75, 3.05) is 13.1 Å². The lowest BCUT2D eigenvalue weighted by atomic mass is 10.0. The summed E-state index contributed by atoms with van der Waals surface area (Å²) >= 11 is 0. The molecule has 3 atom stereocenters. The zero-order chi connectivity index (χ0) is 16.2. The van der Waals surface area contributed by atoms with Crippen LogP contribution in [0.25, 0.3) is 0 Å². The number of rotatable bonds is 5. The summed E-state index contributed by atoms with van der Waals surface area (Å²) < 4.78 is 0. The summed E-state index contributed by atoms with van der Waals surface area (Å²) in [6.45, 7) is 1.71. The molecule has 0 aromatic heterocycles. The van der Waals surface area contributed by atoms with Crippen LogP contribution >= 0.6 is 0 Å². The van der Waals surface area contributed by atoms with E-state index in [4.69, 9.17) is 5.73 Å². The third-order valence-electron chi connectivity index (χ3n) is 5.09. The maximum absolute atomic E-state index is 12.5. The highest BCUT2D eigenvalue weighted by molar-refractivity contribution is 5.89. The maximum atomic E-state index is 12.5. The Morgan fingerprint density at radius 2 is 2.04 bits per heavy atom. The molecule has 1 saturated heterocycles. The number of carbonyl (C=O) groups excluding carboxylic acids is 2. The number of amides is 2. The van der Waals surface area contributed by atoms with Gasteiger partial charge in [0.15, 0.2) is 0 Å². The molecule has 2 aliphatic rings. The summed E-state index contributed by atoms with van der Waals surface area (Å²) in [5.41, 5.74) is 6.87. The molecule has 3 rings (SSSR count). The van der Waals surface area contributed by atoms with Crippen molar-refractivity contribution < 1.29 is 9.59 Å². The molecule has 1 saturated carbocycles. The summed E-state index contributed by atoms with van der Waals surface area (Å²) in [7, 11) is 0. The Morgan fingerprint density at radius 3 is 2.78 bits per heavy atom. The fourth-order valence-corrected chi connectivity index (χ4v) is 3.71. The first kappa shape index (κ1) is 16.0. The van der Waals surface area contributed by atoms with Gasteiger partial charge in [0.1, 0.15) is 0 Å². The number of hydrogen-bond acceptors (Lipinski definition) is 3. The predicted octanol–water partition coefficient (Wildman–Crippen LogP) is 1.28. The first-order chi connectivity index (χ1) is 11.2. The molecule has 3 N–H and O–H groups in total. The number of nitrogens with two attached hydrogens (primary N) is 1. The zero-order valence-corrected chi connectivity index (χ0v) is 13.4. The van der Waals surface area contributed by atoms with Gasteiger partial charge >= 0.3 is 0 Å². The Labute approximate surface area is 137 Å². The van der Waals surface area contributed by atoms with Crippen molar-refractivity contribution >= 4 is 11.8 Å². The first-order valence-corrected chi connectivity index (χ1v) is 8.49. The zero-order valence-electron chi connectivity index (χ0n) is 13.4. The second kappa shape index (κ2) is 7.13. The monoisotopic (exact) mass is 315 g/mol. The van der Waals surface area contributed by atoms with Crippen LogP contribution in [0.5, 0.6) is 0 Å². The van der Waals surface area contributed by atoms with Crippen LogP contribution in [0.4, 0.5) is 0 Å². The van der Waals surface area contributed by atoms with E-state index in [0.29, 0.717) is 32.0 Å². The lowest BCUT2D eigenvalue weighted by molar-refractivity contribution is -0.129. The van der Waals surface area contributed by atoms with Gasteiger partial charge in [-0.2, -0.15) is 0 Å². The summed E-state index contributed by atoms with van der Waals surface area (Å²) in [5, 5.41) is 3.13. The summed E-state index contributed by atoms with van der Waals surface area (Å²) in [6, 6.07) is 10.1. The summed E-state index contributed by atoms with van der Waals surface area (Å²) in [5.74, 6) is 0.233. The number of nitrogens with zero attached hydrogens (tertiary/aromatic N) is 1. The van der Waals surface area contributed by atoms with E-state index in [1.165, 1.54) is 0 Å². The molecule has 1 aliphatic heterocycles. The largest absolute Gasteiger partial charge is 0.353 e. The number of benzene rings is 1. The Hall–Kier alpha value is -1.88. The molecule has 23 heavy (non-hydrogen) atoms. The SMILES string of the molecule is NCC1CCCC1NC(=O)C1CC(=O)N(Cc2ccccc2)C1. The van der Waals surface area contributed by atoms with Crippen LogP contribution in [0.2, 0.25) is 0 Å². The minimum Gasteiger partial charge on any atom is -0.353 e. The lowest BCUT2D eigenvalue weighted by Gasteiger charge is -2.22. The van der Waals surface area contributed by atoms with E-state index in [9.17, 15) is 9.59 Å². The van der Waals surface area contributed by atoms with E-state index in [1.54, 1.807) is 4.90 Å². The van der Waals surface area contributed by atoms with E-state index in [1.807, 2.05) is 30.3 Å². The van der Waals surface area contributed by atoms with E-state index >= 15 is 0 Å². The standard InChI is InChI=1S/C18H25N3O2/c19-10-14-7-4-8-16(14)20-18(23)15-9-17(22)21(12-15)11-13-5-2-1-3-6-13/h1-3,5-6,14-16H,4,7-12,19H2,(H,20,23). The second-order valence-corrected chi connectivity index (χ2v) is 6.70. The van der Waals surface area contributed by atoms with Crippen LogP contribution in [0.3, 0.4) is 0 Å². The average molecular weight is 315 g/mol. The Morgan fingerprint density at radius 1 is 1.26 bits per heavy atom. The number of likely N-dealkylation sites (tertiary alicyclic amines) is 1. The molecule has 1 aromatic carbocycles. The molecule has 1 aliphatic carbocycles. The number of hydrogen-bond donors (Lipinski definition) is 2. The smallest absolute Gasteiger partial charge is 0.225 e. The van der Waals surface area contributed by atoms with Crippen molar-refractivity contribution in [1.29, 1.82) is 0 Å². The van der Waals surface area contributed by atoms with Gasteiger partial charge in [-0.15, -0.1) is 0 Å². The molecule has 5 nitrogen and oxygen atoms in total. The van der Waals surface area contributed by atoms with Crippen LogP contribution in [0.1, 0.15) is 31.2 Å². The quantitative estimate of drug-likeness (QED) is 0.859. The van der Waals surface area contributed by atoms with Gasteiger partial charge < -0.3 is 16.0 Å². The lowest BCUT2D eigenvalue weighted by Crippen LogP contribution is -2.43. The van der Waals surface area contributed by atoms with Gasteiger partial charge in [0.25, 0.3) is 0 Å². The minimum absolute atomic E-state index is 0.0132. The highest BCUT2D eigenvalue weighted by Crippen LogP contribution is 2.26. The molecule has 124 valence electrons. The van der Waals surface area contributed by atoms with Crippen molar-refractivity contribution in [2.24, 2.45) is 17.6 Å². The Kier molecular flexibility index (Phi) is 4.96. The van der Waals surface area contributed by atoms with Crippen LogP contribution in [-0.4, -0.2) is 35.8 Å². The van der Waals surface area contributed by atoms with Gasteiger partial charge in [-0.25, -0.2) is 0 Å². The van der Waals surface area contributed by atoms with Crippen molar-refractivity contribution in [2.45, 2.75) is 38.3 Å². The Bertz CT molecular complexity index is 561. The highest BCUT2D eigenvalue weighted by Gasteiger charge is 2.36. The summed E-state index contributed by atoms with van der Waals surface area (Å²) in [6.07, 6.45) is 3.53. The molecule has 2 amide bonds. The Balaban J connectivity index is 1.55. The van der Waals surface area contributed by atoms with Crippen LogP contribution < -0.4 is 11.1 Å². The fraction of sp³-hybridized carbons (Fsp3) is 0.556. The maximum Gasteiger partial charge on any atom is 0.225 e. The molecular formula is C18H25N3O2. The van der Waals surface area contributed by atoms with Crippen molar-refractivity contribution in [1.82, 2.24) is 10.2 Å². The van der Waals surface area contributed by atoms with E-state index in [-0.39, 0.29) is 23.8 Å². The molecule has 5 heteroatoms. The second-order valence-electron chi connectivity index (χ2n) is 6.70. The van der Waals surface area contributed by atoms with Crippen molar-refractivity contribution in [3.8, 4) is 0 Å². The van der Waals surface area contributed by atoms with Gasteiger partial charge in [-0.3, -0.25) is 9.59 Å². The van der Waals surface area contributed by atoms with E-state index in [0.717, 1.165) is 24.8 Å². The first-order valence-electron chi connectivity index (χ1n) is 8.49. The molecule has 0 radical (unpaired) electrons. The molecule has 3 unspecified atom stereocenters. The molecule has 1 aromatic rings. The molecule has 0 spiro atoms. The third-order valence-corrected chi connectivity index (χ3v) is 5.09. The van der Waals surface area contributed by atoms with Gasteiger partial charge in [-0.05, 0) is 30.9 Å². The molecular weight excluding hydrogens is 290 g/mol. The van der Waals surface area contributed by atoms with Gasteiger partial charge in [0.2, 0.25) is 11.8 Å². The van der Waals surface area contributed by atoms with Crippen molar-refractivity contribution in [3.63, 3.8) is 0 Å². The fourth-order valence-electron chi connectivity index (χ4n) is 3.71. The number of carbonyl (C=O) groups is 2. The third kappa shape index (κ3) is 3.72. The molecule has 1 heterocycles. The van der Waals surface area contributed by atoms with Gasteiger partial charge in [0.05, 0.1) is 5.92 Å². The summed E-state index contributed by atoms with van der Waals surface area (Å²) in [4.78, 5) is 26.4. The van der Waals surface area contributed by atoms with Crippen LogP contribution in [-0.2, 0) is 16.1 Å². The van der Waals surface area contributed by atoms with E-state index < -0.39 is 0 Å². The highest BCUT2D eigenvalue weighted by atomic mass is 16.2. The molecule has 2 fully saturated rings. The van der Waals surface area contributed by atoms with E-state index in [2.05, 4.69) is 5.32 Å². The normalized spacial score (nSPS) is 27.4. The van der Waals surface area contributed by atoms with Crippen molar-refractivity contribution in [3.05, 3.63) is 35.9 Å². The van der Waals surface area contributed by atoms with Gasteiger partial charge in [0, 0.05) is 25.6 Å². The predicted molar refractivity (Wildman–Crippen MR) is 88.3 cm³/mol. The van der Waals surface area contributed by atoms with Gasteiger partial charge in [-0.1, -0.05) is 36.8 Å².